The molecule has 1 atom stereocenters. The van der Waals surface area contributed by atoms with Gasteiger partial charge in [0.1, 0.15) is 12.6 Å². The maximum absolute atomic E-state index is 13.6. The van der Waals surface area contributed by atoms with E-state index in [0.29, 0.717) is 28.5 Å². The first-order chi connectivity index (χ1) is 16.2. The quantitative estimate of drug-likeness (QED) is 0.528. The molecule has 2 amide bonds. The van der Waals surface area contributed by atoms with Gasteiger partial charge in [-0.1, -0.05) is 36.7 Å². The van der Waals surface area contributed by atoms with Gasteiger partial charge in [0.2, 0.25) is 28.6 Å². The van der Waals surface area contributed by atoms with Crippen LogP contribution < -0.4 is 19.1 Å². The van der Waals surface area contributed by atoms with Crippen molar-refractivity contribution in [3.8, 4) is 11.5 Å². The Morgan fingerprint density at radius 1 is 1.12 bits per heavy atom. The fourth-order valence-electron chi connectivity index (χ4n) is 3.66. The van der Waals surface area contributed by atoms with Crippen molar-refractivity contribution in [3.05, 3.63) is 53.1 Å². The maximum Gasteiger partial charge on any atom is 0.244 e. The Morgan fingerprint density at radius 2 is 1.82 bits per heavy atom. The average molecular weight is 510 g/mol. The number of carbonyl (C=O) groups is 2. The molecule has 0 bridgehead atoms. The zero-order valence-electron chi connectivity index (χ0n) is 19.3. The van der Waals surface area contributed by atoms with Crippen LogP contribution in [0.4, 0.5) is 5.69 Å². The van der Waals surface area contributed by atoms with Gasteiger partial charge in [0.05, 0.1) is 11.4 Å². The third kappa shape index (κ3) is 5.56. The minimum atomic E-state index is -3.84. The normalized spacial score (nSPS) is 13.3. The van der Waals surface area contributed by atoms with Crippen molar-refractivity contribution in [1.29, 1.82) is 0 Å². The second-order valence-corrected chi connectivity index (χ2v) is 10.2. The summed E-state index contributed by atoms with van der Waals surface area (Å²) in [5, 5.41) is 3.02. The molecular weight excluding hydrogens is 482 g/mol. The van der Waals surface area contributed by atoms with E-state index < -0.39 is 28.5 Å². The number of ether oxygens (including phenoxy) is 2. The number of benzene rings is 2. The molecule has 9 nitrogen and oxygen atoms in total. The Labute approximate surface area is 204 Å². The molecule has 0 radical (unpaired) electrons. The molecule has 11 heteroatoms. The van der Waals surface area contributed by atoms with Gasteiger partial charge in [-0.3, -0.25) is 13.9 Å². The summed E-state index contributed by atoms with van der Waals surface area (Å²) in [5.74, 6) is -0.215. The number of nitrogens with zero attached hydrogens (tertiary/aromatic N) is 2. The topological polar surface area (TPSA) is 105 Å². The molecule has 0 saturated heterocycles. The van der Waals surface area contributed by atoms with E-state index in [2.05, 4.69) is 5.32 Å². The van der Waals surface area contributed by atoms with Gasteiger partial charge in [-0.15, -0.1) is 0 Å². The van der Waals surface area contributed by atoms with Crippen LogP contribution in [0.2, 0.25) is 5.02 Å². The molecule has 3 rings (SSSR count). The van der Waals surface area contributed by atoms with Crippen molar-refractivity contribution in [2.24, 2.45) is 0 Å². The molecule has 0 aromatic heterocycles. The first-order valence-electron chi connectivity index (χ1n) is 10.9. The molecule has 184 valence electrons. The van der Waals surface area contributed by atoms with Crippen LogP contribution in [0.25, 0.3) is 0 Å². The highest BCUT2D eigenvalue weighted by atomic mass is 35.5. The van der Waals surface area contributed by atoms with Crippen LogP contribution in [0, 0.1) is 0 Å². The number of hydrogen-bond acceptors (Lipinski definition) is 6. The number of likely N-dealkylation sites (N-methyl/N-ethyl adjacent to an activating group) is 1. The highest BCUT2D eigenvalue weighted by Gasteiger charge is 2.33. The average Bonchev–Trinajstić information content (AvgIpc) is 3.31. The lowest BCUT2D eigenvalue weighted by Crippen LogP contribution is -2.52. The summed E-state index contributed by atoms with van der Waals surface area (Å²) < 4.78 is 37.7. The zero-order chi connectivity index (χ0) is 24.9. The molecule has 0 fully saturated rings. The van der Waals surface area contributed by atoms with Crippen molar-refractivity contribution >= 4 is 39.1 Å². The van der Waals surface area contributed by atoms with Crippen LogP contribution in [0.3, 0.4) is 0 Å². The van der Waals surface area contributed by atoms with Gasteiger partial charge in [0, 0.05) is 24.7 Å². The van der Waals surface area contributed by atoms with Gasteiger partial charge in [0.15, 0.2) is 11.5 Å². The number of sulfonamides is 1. The third-order valence-corrected chi connectivity index (χ3v) is 7.66. The lowest BCUT2D eigenvalue weighted by molar-refractivity contribution is -0.140. The Kier molecular flexibility index (Phi) is 8.27. The molecule has 34 heavy (non-hydrogen) atoms. The van der Waals surface area contributed by atoms with Gasteiger partial charge in [-0.25, -0.2) is 8.42 Å². The number of anilines is 1. The number of nitrogens with one attached hydrogen (secondary N) is 1. The molecule has 1 aliphatic heterocycles. The van der Waals surface area contributed by atoms with Crippen LogP contribution >= 0.6 is 11.6 Å². The molecule has 0 unspecified atom stereocenters. The van der Waals surface area contributed by atoms with E-state index in [4.69, 9.17) is 21.1 Å². The smallest absolute Gasteiger partial charge is 0.244 e. The predicted octanol–water partition coefficient (Wildman–Crippen LogP) is 2.78. The summed E-state index contributed by atoms with van der Waals surface area (Å²) in [7, 11) is -2.35. The number of amides is 2. The summed E-state index contributed by atoms with van der Waals surface area (Å²) in [6.45, 7) is 2.87. The lowest BCUT2D eigenvalue weighted by atomic mass is 10.1. The standard InChI is InChI=1S/C23H28ClN3O6S/c1-4-19(23(29)25-3)26(13-16-8-6-7-9-18(16)24)22(28)14-27(34(30,31)5-2)17-10-11-20-21(12-17)33-15-32-20/h6-12,19H,4-5,13-15H2,1-3H3,(H,25,29)/t19-/m1/s1. The minimum Gasteiger partial charge on any atom is -0.454 e. The molecule has 0 spiro atoms. The summed E-state index contributed by atoms with van der Waals surface area (Å²) in [5.41, 5.74) is 0.915. The Hall–Kier alpha value is -2.98. The molecular formula is C23H28ClN3O6S. The summed E-state index contributed by atoms with van der Waals surface area (Å²) in [6.07, 6.45) is 0.334. The van der Waals surface area contributed by atoms with Gasteiger partial charge in [-0.2, -0.15) is 0 Å². The van der Waals surface area contributed by atoms with E-state index in [1.165, 1.54) is 24.9 Å². The largest absolute Gasteiger partial charge is 0.454 e. The van der Waals surface area contributed by atoms with E-state index in [9.17, 15) is 18.0 Å². The second kappa shape index (κ2) is 11.0. The Balaban J connectivity index is 1.98. The number of hydrogen-bond donors (Lipinski definition) is 1. The van der Waals surface area contributed by atoms with Crippen molar-refractivity contribution in [2.75, 3.05) is 30.4 Å². The van der Waals surface area contributed by atoms with Crippen LogP contribution in [0.1, 0.15) is 25.8 Å². The predicted molar refractivity (Wildman–Crippen MR) is 130 cm³/mol. The SMILES string of the molecule is CC[C@H](C(=O)NC)N(Cc1ccccc1Cl)C(=O)CN(c1ccc2c(c1)OCO2)S(=O)(=O)CC. The number of halogens is 1. The van der Waals surface area contributed by atoms with Crippen LogP contribution in [-0.2, 0) is 26.2 Å². The second-order valence-electron chi connectivity index (χ2n) is 7.60. The van der Waals surface area contributed by atoms with Crippen molar-refractivity contribution in [2.45, 2.75) is 32.9 Å². The van der Waals surface area contributed by atoms with Crippen molar-refractivity contribution in [1.82, 2.24) is 10.2 Å². The van der Waals surface area contributed by atoms with E-state index in [-0.39, 0.29) is 30.7 Å². The molecule has 1 aliphatic rings. The minimum absolute atomic E-state index is 0.0359. The summed E-state index contributed by atoms with van der Waals surface area (Å²) >= 11 is 6.31. The number of rotatable bonds is 10. The lowest BCUT2D eigenvalue weighted by Gasteiger charge is -2.33. The summed E-state index contributed by atoms with van der Waals surface area (Å²) in [4.78, 5) is 27.6. The molecule has 2 aromatic carbocycles. The summed E-state index contributed by atoms with van der Waals surface area (Å²) in [6, 6.07) is 10.9. The Bertz CT molecular complexity index is 1160. The van der Waals surface area contributed by atoms with Gasteiger partial charge in [-0.05, 0) is 37.1 Å². The number of carbonyl (C=O) groups excluding carboxylic acids is 2. The molecule has 0 saturated carbocycles. The fraction of sp³-hybridized carbons (Fsp3) is 0.391. The van der Waals surface area contributed by atoms with Gasteiger partial charge >= 0.3 is 0 Å². The molecule has 0 aliphatic carbocycles. The highest BCUT2D eigenvalue weighted by Crippen LogP contribution is 2.36. The van der Waals surface area contributed by atoms with Crippen molar-refractivity contribution in [3.63, 3.8) is 0 Å². The van der Waals surface area contributed by atoms with Crippen LogP contribution in [0.5, 0.6) is 11.5 Å². The van der Waals surface area contributed by atoms with Gasteiger partial charge < -0.3 is 19.7 Å². The first-order valence-corrected chi connectivity index (χ1v) is 12.8. The molecule has 2 aromatic rings. The fourth-order valence-corrected chi connectivity index (χ4v) is 4.91. The molecule has 1 heterocycles. The zero-order valence-corrected chi connectivity index (χ0v) is 20.9. The van der Waals surface area contributed by atoms with Crippen molar-refractivity contribution < 1.29 is 27.5 Å². The van der Waals surface area contributed by atoms with Crippen LogP contribution in [-0.4, -0.2) is 57.3 Å². The number of fused-ring (bicyclic) bond motifs is 1. The van der Waals surface area contributed by atoms with E-state index in [1.54, 1.807) is 43.3 Å². The van der Waals surface area contributed by atoms with E-state index in [0.717, 1.165) is 4.31 Å². The van der Waals surface area contributed by atoms with Gasteiger partial charge in [0.25, 0.3) is 0 Å². The van der Waals surface area contributed by atoms with E-state index in [1.807, 2.05) is 0 Å². The first kappa shape index (κ1) is 25.6. The maximum atomic E-state index is 13.6. The van der Waals surface area contributed by atoms with Crippen LogP contribution in [0.15, 0.2) is 42.5 Å². The monoisotopic (exact) mass is 509 g/mol. The Morgan fingerprint density at radius 3 is 2.47 bits per heavy atom. The molecule has 1 N–H and O–H groups in total. The highest BCUT2D eigenvalue weighted by molar-refractivity contribution is 7.92. The van der Waals surface area contributed by atoms with E-state index >= 15 is 0 Å². The third-order valence-electron chi connectivity index (χ3n) is 5.55.